The molecule has 98 valence electrons. The summed E-state index contributed by atoms with van der Waals surface area (Å²) in [5.41, 5.74) is -0.117. The van der Waals surface area contributed by atoms with Gasteiger partial charge in [0.1, 0.15) is 6.54 Å². The van der Waals surface area contributed by atoms with E-state index >= 15 is 0 Å². The van der Waals surface area contributed by atoms with Gasteiger partial charge >= 0.3 is 0 Å². The van der Waals surface area contributed by atoms with Crippen molar-refractivity contribution in [3.63, 3.8) is 0 Å². The first-order valence-electron chi connectivity index (χ1n) is 5.68. The molecule has 1 heterocycles. The second kappa shape index (κ2) is 6.26. The van der Waals surface area contributed by atoms with Gasteiger partial charge < -0.3 is 15.3 Å². The Balaban J connectivity index is 2.27. The number of carbonyl (C=O) groups excluding carboxylic acids is 2. The SMILES string of the molecule is CC(C)(CCO)CNC(=O)CN1CSCC1=O. The Morgan fingerprint density at radius 2 is 2.29 bits per heavy atom. The van der Waals surface area contributed by atoms with Crippen LogP contribution in [0.1, 0.15) is 20.3 Å². The Morgan fingerprint density at radius 1 is 1.59 bits per heavy atom. The molecule has 1 aliphatic heterocycles. The Kier molecular flexibility index (Phi) is 5.27. The van der Waals surface area contributed by atoms with Gasteiger partial charge in [0.05, 0.1) is 11.6 Å². The summed E-state index contributed by atoms with van der Waals surface area (Å²) >= 11 is 1.53. The van der Waals surface area contributed by atoms with Crippen LogP contribution in [-0.2, 0) is 9.59 Å². The van der Waals surface area contributed by atoms with Crippen molar-refractivity contribution in [3.05, 3.63) is 0 Å². The van der Waals surface area contributed by atoms with Crippen LogP contribution in [0, 0.1) is 5.41 Å². The van der Waals surface area contributed by atoms with Crippen molar-refractivity contribution >= 4 is 23.6 Å². The van der Waals surface area contributed by atoms with Gasteiger partial charge in [0.25, 0.3) is 0 Å². The van der Waals surface area contributed by atoms with Crippen LogP contribution in [0.2, 0.25) is 0 Å². The van der Waals surface area contributed by atoms with E-state index in [1.807, 2.05) is 13.8 Å². The molecule has 0 unspecified atom stereocenters. The fraction of sp³-hybridized carbons (Fsp3) is 0.818. The zero-order valence-electron chi connectivity index (χ0n) is 10.4. The third-order valence-electron chi connectivity index (χ3n) is 2.71. The molecule has 0 radical (unpaired) electrons. The van der Waals surface area contributed by atoms with Gasteiger partial charge in [-0.15, -0.1) is 11.8 Å². The van der Waals surface area contributed by atoms with Crippen LogP contribution >= 0.6 is 11.8 Å². The third-order valence-corrected chi connectivity index (χ3v) is 3.66. The minimum absolute atomic E-state index is 0.0276. The molecular weight excluding hydrogens is 240 g/mol. The molecule has 1 saturated heterocycles. The molecule has 0 aromatic heterocycles. The van der Waals surface area contributed by atoms with Crippen LogP contribution in [0.4, 0.5) is 0 Å². The number of aliphatic hydroxyl groups is 1. The first-order chi connectivity index (χ1) is 7.94. The lowest BCUT2D eigenvalue weighted by atomic mass is 9.90. The summed E-state index contributed by atoms with van der Waals surface area (Å²) in [5.74, 6) is 0.974. The first-order valence-corrected chi connectivity index (χ1v) is 6.83. The fourth-order valence-corrected chi connectivity index (χ4v) is 2.40. The zero-order valence-corrected chi connectivity index (χ0v) is 11.2. The number of thioether (sulfide) groups is 1. The molecule has 0 atom stereocenters. The molecule has 1 fully saturated rings. The van der Waals surface area contributed by atoms with Crippen molar-refractivity contribution in [3.8, 4) is 0 Å². The highest BCUT2D eigenvalue weighted by Gasteiger charge is 2.24. The smallest absolute Gasteiger partial charge is 0.239 e. The second-order valence-corrected chi connectivity index (χ2v) is 5.94. The summed E-state index contributed by atoms with van der Waals surface area (Å²) in [6, 6.07) is 0. The van der Waals surface area contributed by atoms with Crippen LogP contribution in [0.15, 0.2) is 0 Å². The number of nitrogens with one attached hydrogen (secondary N) is 1. The van der Waals surface area contributed by atoms with Gasteiger partial charge in [-0.25, -0.2) is 0 Å². The van der Waals surface area contributed by atoms with Crippen molar-refractivity contribution in [2.75, 3.05) is 31.3 Å². The maximum Gasteiger partial charge on any atom is 0.239 e. The highest BCUT2D eigenvalue weighted by molar-refractivity contribution is 8.00. The van der Waals surface area contributed by atoms with Crippen LogP contribution in [0.3, 0.4) is 0 Å². The van der Waals surface area contributed by atoms with E-state index in [4.69, 9.17) is 5.11 Å². The summed E-state index contributed by atoms with van der Waals surface area (Å²) < 4.78 is 0. The number of nitrogens with zero attached hydrogens (tertiary/aromatic N) is 1. The van der Waals surface area contributed by atoms with Gasteiger partial charge in [0, 0.05) is 13.2 Å². The largest absolute Gasteiger partial charge is 0.396 e. The molecule has 0 aliphatic carbocycles. The van der Waals surface area contributed by atoms with Gasteiger partial charge in [0.15, 0.2) is 0 Å². The Bertz CT molecular complexity index is 294. The highest BCUT2D eigenvalue weighted by atomic mass is 32.2. The Morgan fingerprint density at radius 3 is 2.82 bits per heavy atom. The molecule has 0 aromatic rings. The minimum Gasteiger partial charge on any atom is -0.396 e. The van der Waals surface area contributed by atoms with Crippen molar-refractivity contribution in [1.29, 1.82) is 0 Å². The highest BCUT2D eigenvalue weighted by Crippen LogP contribution is 2.18. The maximum atomic E-state index is 11.6. The molecule has 0 aromatic carbocycles. The lowest BCUT2D eigenvalue weighted by Gasteiger charge is -2.24. The number of aliphatic hydroxyl groups excluding tert-OH is 1. The second-order valence-electron chi connectivity index (χ2n) is 4.98. The van der Waals surface area contributed by atoms with Gasteiger partial charge in [-0.1, -0.05) is 13.8 Å². The van der Waals surface area contributed by atoms with E-state index in [9.17, 15) is 9.59 Å². The van der Waals surface area contributed by atoms with E-state index in [0.717, 1.165) is 0 Å². The lowest BCUT2D eigenvalue weighted by molar-refractivity contribution is -0.132. The molecule has 5 nitrogen and oxygen atoms in total. The molecule has 2 amide bonds. The molecule has 17 heavy (non-hydrogen) atoms. The number of rotatable bonds is 6. The van der Waals surface area contributed by atoms with Gasteiger partial charge in [-0.05, 0) is 11.8 Å². The average Bonchev–Trinajstić information content (AvgIpc) is 2.62. The van der Waals surface area contributed by atoms with E-state index < -0.39 is 0 Å². The number of hydrogen-bond donors (Lipinski definition) is 2. The fourth-order valence-electron chi connectivity index (χ4n) is 1.50. The quantitative estimate of drug-likeness (QED) is 0.708. The van der Waals surface area contributed by atoms with Crippen LogP contribution in [0.5, 0.6) is 0 Å². The minimum atomic E-state index is -0.133. The predicted octanol–water partition coefficient (Wildman–Crippen LogP) is 0.0441. The third kappa shape index (κ3) is 4.95. The topological polar surface area (TPSA) is 69.6 Å². The molecule has 1 aliphatic rings. The molecule has 1 rings (SSSR count). The van der Waals surface area contributed by atoms with Gasteiger partial charge in [-0.2, -0.15) is 0 Å². The Labute approximate surface area is 106 Å². The van der Waals surface area contributed by atoms with E-state index in [1.54, 1.807) is 4.90 Å². The lowest BCUT2D eigenvalue weighted by Crippen LogP contribution is -2.41. The van der Waals surface area contributed by atoms with E-state index in [-0.39, 0.29) is 30.4 Å². The van der Waals surface area contributed by atoms with Crippen molar-refractivity contribution in [1.82, 2.24) is 10.2 Å². The van der Waals surface area contributed by atoms with Crippen LogP contribution < -0.4 is 5.32 Å². The van der Waals surface area contributed by atoms with Crippen LogP contribution in [-0.4, -0.2) is 53.1 Å². The summed E-state index contributed by atoms with van der Waals surface area (Å²) in [7, 11) is 0. The van der Waals surface area contributed by atoms with E-state index in [2.05, 4.69) is 5.32 Å². The maximum absolute atomic E-state index is 11.6. The summed E-state index contributed by atoms with van der Waals surface area (Å²) in [5, 5.41) is 11.7. The molecule has 6 heteroatoms. The van der Waals surface area contributed by atoms with Gasteiger partial charge in [-0.3, -0.25) is 9.59 Å². The van der Waals surface area contributed by atoms with Crippen LogP contribution in [0.25, 0.3) is 0 Å². The Hall–Kier alpha value is -0.750. The van der Waals surface area contributed by atoms with Gasteiger partial charge in [0.2, 0.25) is 11.8 Å². The van der Waals surface area contributed by atoms with Crippen molar-refractivity contribution < 1.29 is 14.7 Å². The average molecular weight is 260 g/mol. The molecule has 0 bridgehead atoms. The van der Waals surface area contributed by atoms with E-state index in [0.29, 0.717) is 24.6 Å². The zero-order chi connectivity index (χ0) is 12.9. The summed E-state index contributed by atoms with van der Waals surface area (Å²) in [4.78, 5) is 24.5. The predicted molar refractivity (Wildman–Crippen MR) is 67.5 cm³/mol. The number of amides is 2. The summed E-state index contributed by atoms with van der Waals surface area (Å²) in [6.07, 6.45) is 0.645. The molecule has 0 saturated carbocycles. The monoisotopic (exact) mass is 260 g/mol. The molecule has 2 N–H and O–H groups in total. The van der Waals surface area contributed by atoms with E-state index in [1.165, 1.54) is 11.8 Å². The normalized spacial score (nSPS) is 16.4. The van der Waals surface area contributed by atoms with Crippen molar-refractivity contribution in [2.24, 2.45) is 5.41 Å². The molecular formula is C11H20N2O3S. The number of carbonyl (C=O) groups is 2. The molecule has 0 spiro atoms. The number of hydrogen-bond acceptors (Lipinski definition) is 4. The van der Waals surface area contributed by atoms with Crippen molar-refractivity contribution in [2.45, 2.75) is 20.3 Å². The first kappa shape index (κ1) is 14.3. The summed E-state index contributed by atoms with van der Waals surface area (Å²) in [6.45, 7) is 4.74. The standard InChI is InChI=1S/C11H20N2O3S/c1-11(2,3-4-14)7-12-9(15)5-13-8-17-6-10(13)16/h14H,3-8H2,1-2H3,(H,12,15).